The van der Waals surface area contributed by atoms with Crippen molar-refractivity contribution < 1.29 is 14.6 Å². The lowest BCUT2D eigenvalue weighted by molar-refractivity contribution is 0.0736. The fourth-order valence-electron chi connectivity index (χ4n) is 4.03. The van der Waals surface area contributed by atoms with Crippen LogP contribution in [0.2, 0.25) is 15.1 Å². The minimum atomic E-state index is -1.23. The molecule has 12 nitrogen and oxygen atoms in total. The second-order valence-electron chi connectivity index (χ2n) is 9.52. The minimum absolute atomic E-state index is 0.0227. The highest BCUT2D eigenvalue weighted by Gasteiger charge is 2.27. The van der Waals surface area contributed by atoms with E-state index < -0.39 is 17.6 Å². The van der Waals surface area contributed by atoms with Gasteiger partial charge in [-0.25, -0.2) is 19.3 Å². The largest absolute Gasteiger partial charge is 0.495 e. The first-order chi connectivity index (χ1) is 18.9. The Labute approximate surface area is 243 Å². The first kappa shape index (κ1) is 27.8. The predicted octanol–water partition coefficient (Wildman–Crippen LogP) is 4.26. The monoisotopic (exact) mass is 603 g/mol. The Bertz CT molecular complexity index is 1700. The molecule has 1 unspecified atom stereocenters. The minimum Gasteiger partial charge on any atom is -0.495 e. The number of nitrogens with zero attached hydrogens (tertiary/aromatic N) is 7. The molecule has 3 N–H and O–H groups in total. The van der Waals surface area contributed by atoms with Gasteiger partial charge in [-0.2, -0.15) is 5.10 Å². The summed E-state index contributed by atoms with van der Waals surface area (Å²) in [6, 6.07) is 5.91. The first-order valence-electron chi connectivity index (χ1n) is 12.0. The van der Waals surface area contributed by atoms with E-state index >= 15 is 0 Å². The van der Waals surface area contributed by atoms with Gasteiger partial charge in [0.2, 0.25) is 0 Å². The Morgan fingerprint density at radius 2 is 1.90 bits per heavy atom. The molecule has 0 spiro atoms. The molecule has 1 amide bonds. The number of imidazole rings is 1. The van der Waals surface area contributed by atoms with Crippen molar-refractivity contribution in [2.24, 2.45) is 0 Å². The van der Waals surface area contributed by atoms with Crippen LogP contribution in [0.3, 0.4) is 0 Å². The number of amides is 1. The summed E-state index contributed by atoms with van der Waals surface area (Å²) in [7, 11) is 1.52. The van der Waals surface area contributed by atoms with E-state index in [9.17, 15) is 9.90 Å². The van der Waals surface area contributed by atoms with Crippen molar-refractivity contribution >= 4 is 51.7 Å². The molecule has 0 radical (unpaired) electrons. The van der Waals surface area contributed by atoms with Gasteiger partial charge in [0.05, 0.1) is 50.7 Å². The molecule has 0 saturated heterocycles. The van der Waals surface area contributed by atoms with Gasteiger partial charge in [-0.3, -0.25) is 4.79 Å². The Kier molecular flexibility index (Phi) is 7.44. The number of H-pyrrole nitrogens is 1. The quantitative estimate of drug-likeness (QED) is 0.238. The Morgan fingerprint density at radius 3 is 2.50 bits per heavy atom. The van der Waals surface area contributed by atoms with Gasteiger partial charge >= 0.3 is 0 Å². The molecule has 5 rings (SSSR count). The van der Waals surface area contributed by atoms with Gasteiger partial charge in [0.15, 0.2) is 0 Å². The van der Waals surface area contributed by atoms with Crippen molar-refractivity contribution in [2.75, 3.05) is 13.7 Å². The number of hydrogen-bond donors (Lipinski definition) is 3. The number of aryl methyl sites for hydroxylation is 1. The SMILES string of the molecule is COc1cc2nc(C(CNC(=O)c3c(Cl)cc(-n4cnc(C)n4)cc3Cl)n3cc(C(C)(C)O)nn3)[nH]c2cc1Cl. The van der Waals surface area contributed by atoms with Gasteiger partial charge < -0.3 is 20.1 Å². The number of carbonyl (C=O) groups excluding carboxylic acids is 1. The van der Waals surface area contributed by atoms with Crippen LogP contribution in [0.25, 0.3) is 16.7 Å². The number of fused-ring (bicyclic) bond motifs is 1. The van der Waals surface area contributed by atoms with E-state index in [0.29, 0.717) is 44.8 Å². The third-order valence-electron chi connectivity index (χ3n) is 6.13. The summed E-state index contributed by atoms with van der Waals surface area (Å²) in [5.41, 5.74) is 1.02. The number of rotatable bonds is 8. The van der Waals surface area contributed by atoms with Crippen LogP contribution in [0.15, 0.2) is 36.8 Å². The van der Waals surface area contributed by atoms with Gasteiger partial charge in [0, 0.05) is 12.6 Å². The highest BCUT2D eigenvalue weighted by atomic mass is 35.5. The summed E-state index contributed by atoms with van der Waals surface area (Å²) in [6.45, 7) is 4.98. The van der Waals surface area contributed by atoms with E-state index in [1.54, 1.807) is 51.2 Å². The molecule has 1 atom stereocenters. The lowest BCUT2D eigenvalue weighted by Gasteiger charge is -2.17. The van der Waals surface area contributed by atoms with Crippen LogP contribution in [0.5, 0.6) is 5.75 Å². The molecule has 0 fully saturated rings. The molecule has 208 valence electrons. The molecule has 0 bridgehead atoms. The van der Waals surface area contributed by atoms with Crippen molar-refractivity contribution in [1.82, 2.24) is 45.0 Å². The van der Waals surface area contributed by atoms with Crippen LogP contribution >= 0.6 is 34.8 Å². The lowest BCUT2D eigenvalue weighted by Crippen LogP contribution is -2.32. The fraction of sp³-hybridized carbons (Fsp3) is 0.280. The summed E-state index contributed by atoms with van der Waals surface area (Å²) in [5.74, 6) is 0.995. The maximum Gasteiger partial charge on any atom is 0.254 e. The smallest absolute Gasteiger partial charge is 0.254 e. The van der Waals surface area contributed by atoms with Gasteiger partial charge in [-0.1, -0.05) is 40.0 Å². The second-order valence-corrected chi connectivity index (χ2v) is 10.7. The summed E-state index contributed by atoms with van der Waals surface area (Å²) >= 11 is 19.3. The number of carbonyl (C=O) groups is 1. The Hall–Kier alpha value is -3.71. The Balaban J connectivity index is 1.47. The van der Waals surface area contributed by atoms with Crippen molar-refractivity contribution in [3.8, 4) is 11.4 Å². The first-order valence-corrected chi connectivity index (χ1v) is 13.1. The molecule has 0 saturated carbocycles. The molecular formula is C25H24Cl3N9O3. The predicted molar refractivity (Wildman–Crippen MR) is 150 cm³/mol. The lowest BCUT2D eigenvalue weighted by atomic mass is 10.1. The third kappa shape index (κ3) is 5.48. The normalized spacial score (nSPS) is 12.6. The molecule has 3 heterocycles. The van der Waals surface area contributed by atoms with Crippen molar-refractivity contribution in [3.05, 3.63) is 74.8 Å². The van der Waals surface area contributed by atoms with E-state index in [1.807, 2.05) is 0 Å². The zero-order valence-electron chi connectivity index (χ0n) is 21.8. The topological polar surface area (TPSA) is 149 Å². The number of methoxy groups -OCH3 is 1. The van der Waals surface area contributed by atoms with Crippen LogP contribution in [-0.4, -0.2) is 64.4 Å². The molecule has 2 aromatic carbocycles. The van der Waals surface area contributed by atoms with Crippen molar-refractivity contribution in [3.63, 3.8) is 0 Å². The molecule has 0 aliphatic carbocycles. The van der Waals surface area contributed by atoms with Crippen LogP contribution in [0.4, 0.5) is 0 Å². The number of ether oxygens (including phenoxy) is 1. The van der Waals surface area contributed by atoms with E-state index in [4.69, 9.17) is 39.5 Å². The average molecular weight is 605 g/mol. The summed E-state index contributed by atoms with van der Waals surface area (Å²) < 4.78 is 8.32. The van der Waals surface area contributed by atoms with Gasteiger partial charge in [-0.15, -0.1) is 5.10 Å². The maximum atomic E-state index is 13.3. The maximum absolute atomic E-state index is 13.3. The fourth-order valence-corrected chi connectivity index (χ4v) is 4.92. The Morgan fingerprint density at radius 1 is 1.18 bits per heavy atom. The molecule has 0 aliphatic rings. The number of aromatic nitrogens is 8. The third-order valence-corrected chi connectivity index (χ3v) is 7.02. The average Bonchev–Trinajstić information content (AvgIpc) is 3.63. The van der Waals surface area contributed by atoms with E-state index in [1.165, 1.54) is 22.8 Å². The van der Waals surface area contributed by atoms with Crippen LogP contribution < -0.4 is 10.1 Å². The number of hydrogen-bond acceptors (Lipinski definition) is 8. The standard InChI is InChI=1S/C25H24Cl3N9O3/c1-12-30-11-37(34-12)13-5-15(27)22(16(28)6-13)24(38)29-9-19(36-10-21(33-35-36)25(2,3)39)23-31-17-7-14(26)20(40-4)8-18(17)32-23/h5-8,10-11,19,39H,9H2,1-4H3,(H,29,38)(H,31,32). The van der Waals surface area contributed by atoms with E-state index in [0.717, 1.165) is 0 Å². The molecular weight excluding hydrogens is 581 g/mol. The van der Waals surface area contributed by atoms with Gasteiger partial charge in [0.1, 0.15) is 41.1 Å². The number of nitrogens with one attached hydrogen (secondary N) is 2. The van der Waals surface area contributed by atoms with E-state index in [2.05, 4.69) is 35.7 Å². The highest BCUT2D eigenvalue weighted by molar-refractivity contribution is 6.40. The van der Waals surface area contributed by atoms with E-state index in [-0.39, 0.29) is 22.2 Å². The highest BCUT2D eigenvalue weighted by Crippen LogP contribution is 2.31. The molecule has 40 heavy (non-hydrogen) atoms. The van der Waals surface area contributed by atoms with Crippen LogP contribution in [-0.2, 0) is 5.60 Å². The van der Waals surface area contributed by atoms with Gasteiger partial charge in [0.25, 0.3) is 5.91 Å². The molecule has 3 aromatic heterocycles. The summed E-state index contributed by atoms with van der Waals surface area (Å²) in [6.07, 6.45) is 3.12. The number of benzene rings is 2. The number of halogens is 3. The number of aromatic amines is 1. The molecule has 0 aliphatic heterocycles. The van der Waals surface area contributed by atoms with Crippen LogP contribution in [0, 0.1) is 6.92 Å². The summed E-state index contributed by atoms with van der Waals surface area (Å²) in [5, 5.41) is 26.5. The number of aliphatic hydroxyl groups is 1. The van der Waals surface area contributed by atoms with Crippen molar-refractivity contribution in [2.45, 2.75) is 32.4 Å². The zero-order valence-corrected chi connectivity index (χ0v) is 24.0. The van der Waals surface area contributed by atoms with Crippen LogP contribution in [0.1, 0.15) is 47.6 Å². The summed E-state index contributed by atoms with van der Waals surface area (Å²) in [4.78, 5) is 25.3. The van der Waals surface area contributed by atoms with Crippen molar-refractivity contribution in [1.29, 1.82) is 0 Å². The van der Waals surface area contributed by atoms with Gasteiger partial charge in [-0.05, 0) is 39.0 Å². The second kappa shape index (κ2) is 10.7. The zero-order chi connectivity index (χ0) is 28.8. The molecule has 15 heteroatoms. The molecule has 5 aromatic rings.